The number of fused-ring (bicyclic) bond motifs is 6. The van der Waals surface area contributed by atoms with Gasteiger partial charge in [0.25, 0.3) is 0 Å². The molecule has 262 valence electrons. The SMILES string of the molecule is c1ccc(-n2c3cc4ccccc4cc3c3c(-c4cccc(N(c5ccc(-c6ccc7ccccc7c6)cc5)c5cccc6ccccc56)c4)cccc32)cc1. The number of aromatic nitrogens is 1. The molecule has 0 bridgehead atoms. The predicted octanol–water partition coefficient (Wildman–Crippen LogP) is 15.0. The van der Waals surface area contributed by atoms with Gasteiger partial charge in [-0.25, -0.2) is 0 Å². The molecule has 0 aliphatic rings. The van der Waals surface area contributed by atoms with Crippen molar-refractivity contribution in [3.8, 4) is 27.9 Å². The van der Waals surface area contributed by atoms with E-state index in [1.807, 2.05) is 0 Å². The van der Waals surface area contributed by atoms with E-state index in [0.717, 1.165) is 22.7 Å². The van der Waals surface area contributed by atoms with Crippen LogP contribution >= 0.6 is 0 Å². The standard InChI is InChI=1S/C54H36N2/c1-2-20-45(21-3-1)56-52-26-12-24-49(54(52)50-35-41-16-6-7-17-42(41)36-53(50)56)44-19-10-22-47(34-44)55(51-25-11-18-39-14-8-9-23-48(39)51)46-31-29-38(30-32-46)43-28-27-37-13-4-5-15-40(37)33-43/h1-36H. The molecule has 0 unspecified atom stereocenters. The lowest BCUT2D eigenvalue weighted by Crippen LogP contribution is -2.10. The molecule has 11 rings (SSSR count). The monoisotopic (exact) mass is 712 g/mol. The Bertz CT molecular complexity index is 3240. The molecule has 0 aliphatic carbocycles. The minimum absolute atomic E-state index is 1.10. The quantitative estimate of drug-likeness (QED) is 0.167. The molecule has 0 spiro atoms. The molecule has 10 aromatic carbocycles. The van der Waals surface area contributed by atoms with Gasteiger partial charge in [-0.2, -0.15) is 0 Å². The largest absolute Gasteiger partial charge is 0.310 e. The molecular formula is C54H36N2. The lowest BCUT2D eigenvalue weighted by atomic mass is 9.97. The van der Waals surface area contributed by atoms with E-state index in [4.69, 9.17) is 0 Å². The van der Waals surface area contributed by atoms with Crippen LogP contribution in [-0.4, -0.2) is 4.57 Å². The highest BCUT2D eigenvalue weighted by atomic mass is 15.1. The summed E-state index contributed by atoms with van der Waals surface area (Å²) in [6.07, 6.45) is 0. The van der Waals surface area contributed by atoms with Crippen LogP contribution in [0.4, 0.5) is 17.1 Å². The lowest BCUT2D eigenvalue weighted by Gasteiger charge is -2.27. The van der Waals surface area contributed by atoms with Crippen molar-refractivity contribution < 1.29 is 0 Å². The van der Waals surface area contributed by atoms with Gasteiger partial charge in [-0.05, 0) is 116 Å². The van der Waals surface area contributed by atoms with Gasteiger partial charge in [-0.3, -0.25) is 0 Å². The van der Waals surface area contributed by atoms with Crippen LogP contribution in [0.1, 0.15) is 0 Å². The maximum atomic E-state index is 2.42. The van der Waals surface area contributed by atoms with Crippen LogP contribution in [0.3, 0.4) is 0 Å². The smallest absolute Gasteiger partial charge is 0.0547 e. The summed E-state index contributed by atoms with van der Waals surface area (Å²) in [7, 11) is 0. The average molecular weight is 713 g/mol. The van der Waals surface area contributed by atoms with E-state index in [1.165, 1.54) is 76.4 Å². The van der Waals surface area contributed by atoms with Crippen LogP contribution in [0.5, 0.6) is 0 Å². The number of benzene rings is 10. The molecule has 2 nitrogen and oxygen atoms in total. The Morgan fingerprint density at radius 3 is 1.79 bits per heavy atom. The highest BCUT2D eigenvalue weighted by Crippen LogP contribution is 2.44. The van der Waals surface area contributed by atoms with E-state index in [0.29, 0.717) is 0 Å². The summed E-state index contributed by atoms with van der Waals surface area (Å²) in [6.45, 7) is 0. The van der Waals surface area contributed by atoms with Crippen molar-refractivity contribution in [3.63, 3.8) is 0 Å². The summed E-state index contributed by atoms with van der Waals surface area (Å²) in [5, 5.41) is 9.90. The van der Waals surface area contributed by atoms with Crippen molar-refractivity contribution in [2.45, 2.75) is 0 Å². The molecular weight excluding hydrogens is 677 g/mol. The topological polar surface area (TPSA) is 8.17 Å². The number of para-hydroxylation sites is 1. The number of hydrogen-bond donors (Lipinski definition) is 0. The third-order valence-corrected chi connectivity index (χ3v) is 11.3. The Hall–Kier alpha value is -7.42. The van der Waals surface area contributed by atoms with Crippen molar-refractivity contribution in [3.05, 3.63) is 218 Å². The fourth-order valence-electron chi connectivity index (χ4n) is 8.66. The molecule has 56 heavy (non-hydrogen) atoms. The fourth-order valence-corrected chi connectivity index (χ4v) is 8.66. The molecule has 0 fully saturated rings. The summed E-state index contributed by atoms with van der Waals surface area (Å²) < 4.78 is 2.42. The summed E-state index contributed by atoms with van der Waals surface area (Å²) in [5.74, 6) is 0. The zero-order chi connectivity index (χ0) is 37.0. The first-order chi connectivity index (χ1) is 27.8. The highest BCUT2D eigenvalue weighted by molar-refractivity contribution is 6.18. The molecule has 1 aromatic heterocycles. The second kappa shape index (κ2) is 13.2. The number of nitrogens with zero attached hydrogens (tertiary/aromatic N) is 2. The van der Waals surface area contributed by atoms with Crippen LogP contribution < -0.4 is 4.90 Å². The van der Waals surface area contributed by atoms with Gasteiger partial charge in [0.1, 0.15) is 0 Å². The Labute approximate surface area is 325 Å². The molecule has 0 saturated carbocycles. The first-order valence-electron chi connectivity index (χ1n) is 19.3. The van der Waals surface area contributed by atoms with Gasteiger partial charge in [0.2, 0.25) is 0 Å². The Kier molecular flexibility index (Phi) is 7.53. The Morgan fingerprint density at radius 1 is 0.321 bits per heavy atom. The molecule has 0 amide bonds. The molecule has 0 saturated heterocycles. The van der Waals surface area contributed by atoms with Gasteiger partial charge >= 0.3 is 0 Å². The van der Waals surface area contributed by atoms with Crippen LogP contribution in [0.25, 0.3) is 82.1 Å². The van der Waals surface area contributed by atoms with Gasteiger partial charge in [0.05, 0.1) is 16.7 Å². The summed E-state index contributed by atoms with van der Waals surface area (Å²) in [5.41, 5.74) is 11.7. The van der Waals surface area contributed by atoms with E-state index in [1.54, 1.807) is 0 Å². The minimum Gasteiger partial charge on any atom is -0.310 e. The number of hydrogen-bond acceptors (Lipinski definition) is 1. The zero-order valence-corrected chi connectivity index (χ0v) is 30.7. The van der Waals surface area contributed by atoms with Gasteiger partial charge in [-0.15, -0.1) is 0 Å². The van der Waals surface area contributed by atoms with Crippen molar-refractivity contribution in [2.75, 3.05) is 4.90 Å². The minimum atomic E-state index is 1.10. The summed E-state index contributed by atoms with van der Waals surface area (Å²) >= 11 is 0. The maximum Gasteiger partial charge on any atom is 0.0547 e. The van der Waals surface area contributed by atoms with Gasteiger partial charge in [0.15, 0.2) is 0 Å². The van der Waals surface area contributed by atoms with Crippen LogP contribution in [-0.2, 0) is 0 Å². The molecule has 0 aliphatic heterocycles. The van der Waals surface area contributed by atoms with Gasteiger partial charge < -0.3 is 9.47 Å². The van der Waals surface area contributed by atoms with Crippen molar-refractivity contribution in [1.82, 2.24) is 4.57 Å². The van der Waals surface area contributed by atoms with Gasteiger partial charge in [-0.1, -0.05) is 152 Å². The van der Waals surface area contributed by atoms with Gasteiger partial charge in [0, 0.05) is 33.2 Å². The van der Waals surface area contributed by atoms with E-state index in [-0.39, 0.29) is 0 Å². The van der Waals surface area contributed by atoms with E-state index in [9.17, 15) is 0 Å². The molecule has 0 radical (unpaired) electrons. The number of rotatable bonds is 6. The first-order valence-corrected chi connectivity index (χ1v) is 19.3. The molecule has 0 N–H and O–H groups in total. The second-order valence-corrected chi connectivity index (χ2v) is 14.6. The van der Waals surface area contributed by atoms with E-state index < -0.39 is 0 Å². The molecule has 11 aromatic rings. The van der Waals surface area contributed by atoms with Crippen molar-refractivity contribution >= 4 is 71.2 Å². The van der Waals surface area contributed by atoms with Crippen LogP contribution in [0.2, 0.25) is 0 Å². The van der Waals surface area contributed by atoms with Crippen LogP contribution in [0.15, 0.2) is 218 Å². The lowest BCUT2D eigenvalue weighted by molar-refractivity contribution is 1.18. The van der Waals surface area contributed by atoms with Crippen molar-refractivity contribution in [2.24, 2.45) is 0 Å². The Balaban J connectivity index is 1.10. The predicted molar refractivity (Wildman–Crippen MR) is 239 cm³/mol. The normalized spacial score (nSPS) is 11.6. The van der Waals surface area contributed by atoms with Crippen molar-refractivity contribution in [1.29, 1.82) is 0 Å². The van der Waals surface area contributed by atoms with E-state index >= 15 is 0 Å². The fraction of sp³-hybridized carbons (Fsp3) is 0. The maximum absolute atomic E-state index is 2.42. The number of anilines is 3. The Morgan fingerprint density at radius 2 is 0.964 bits per heavy atom. The second-order valence-electron chi connectivity index (χ2n) is 14.6. The first kappa shape index (κ1) is 32.0. The van der Waals surface area contributed by atoms with E-state index in [2.05, 4.69) is 228 Å². The zero-order valence-electron chi connectivity index (χ0n) is 30.7. The highest BCUT2D eigenvalue weighted by Gasteiger charge is 2.20. The summed E-state index contributed by atoms with van der Waals surface area (Å²) in [6, 6.07) is 79.6. The molecule has 1 heterocycles. The molecule has 0 atom stereocenters. The van der Waals surface area contributed by atoms with Crippen LogP contribution in [0, 0.1) is 0 Å². The third-order valence-electron chi connectivity index (χ3n) is 11.3. The summed E-state index contributed by atoms with van der Waals surface area (Å²) in [4.78, 5) is 2.41. The third kappa shape index (κ3) is 5.34. The average Bonchev–Trinajstić information content (AvgIpc) is 3.59. The molecule has 2 heteroatoms.